The Balaban J connectivity index is 1.55. The van der Waals surface area contributed by atoms with Gasteiger partial charge in [-0.05, 0) is 43.5 Å². The largest absolute Gasteiger partial charge is 0.378 e. The molecule has 1 atom stereocenters. The predicted molar refractivity (Wildman–Crippen MR) is 92.8 cm³/mol. The number of anilines is 1. The molecule has 1 saturated heterocycles. The first-order chi connectivity index (χ1) is 11.7. The molecule has 0 spiro atoms. The van der Waals surface area contributed by atoms with Gasteiger partial charge in [0, 0.05) is 13.0 Å². The van der Waals surface area contributed by atoms with Crippen LogP contribution in [0.25, 0.3) is 16.9 Å². The third-order valence-corrected chi connectivity index (χ3v) is 4.44. The number of hydrogen-bond acceptors (Lipinski definition) is 4. The fourth-order valence-electron chi connectivity index (χ4n) is 2.95. The molecule has 4 rings (SSSR count). The number of allylic oxidation sites excluding steroid dienone is 4. The molecule has 1 amide bonds. The van der Waals surface area contributed by atoms with Gasteiger partial charge in [0.25, 0.3) is 0 Å². The van der Waals surface area contributed by atoms with Crippen LogP contribution in [0.5, 0.6) is 0 Å². The molecular weight excluding hydrogens is 328 g/mol. The van der Waals surface area contributed by atoms with E-state index in [1.165, 1.54) is 0 Å². The Morgan fingerprint density at radius 3 is 3.00 bits per heavy atom. The number of fused-ring (bicyclic) bond motifs is 1. The Bertz CT molecular complexity index is 850. The minimum atomic E-state index is -0.0722. The fraction of sp³-hybridized carbons (Fsp3) is 0.353. The van der Waals surface area contributed by atoms with E-state index in [-0.39, 0.29) is 12.0 Å². The van der Waals surface area contributed by atoms with Crippen molar-refractivity contribution in [3.8, 4) is 0 Å². The van der Waals surface area contributed by atoms with Gasteiger partial charge in [0.15, 0.2) is 5.65 Å². The van der Waals surface area contributed by atoms with Gasteiger partial charge in [-0.1, -0.05) is 17.7 Å². The van der Waals surface area contributed by atoms with E-state index in [0.29, 0.717) is 28.7 Å². The van der Waals surface area contributed by atoms with Gasteiger partial charge in [0.1, 0.15) is 10.7 Å². The number of halogens is 1. The van der Waals surface area contributed by atoms with Crippen LogP contribution in [0.1, 0.15) is 25.7 Å². The Morgan fingerprint density at radius 2 is 2.29 bits per heavy atom. The molecule has 1 fully saturated rings. The number of hydrogen-bond donors (Lipinski definition) is 1. The Labute approximate surface area is 144 Å². The van der Waals surface area contributed by atoms with Crippen molar-refractivity contribution in [3.63, 3.8) is 0 Å². The SMILES string of the molecule is O=C(CCC1CCCO1)Nc1nc2ccc(Cl)nc2n1C1=CC=C1. The number of amides is 1. The monoisotopic (exact) mass is 344 g/mol. The summed E-state index contributed by atoms with van der Waals surface area (Å²) >= 11 is 6.00. The molecular formula is C17H17ClN4O2. The van der Waals surface area contributed by atoms with Gasteiger partial charge in [-0.25, -0.2) is 9.97 Å². The first kappa shape index (κ1) is 15.4. The molecule has 1 N–H and O–H groups in total. The van der Waals surface area contributed by atoms with E-state index in [0.717, 1.165) is 31.6 Å². The van der Waals surface area contributed by atoms with Crippen molar-refractivity contribution >= 4 is 40.3 Å². The molecule has 7 heteroatoms. The van der Waals surface area contributed by atoms with E-state index >= 15 is 0 Å². The van der Waals surface area contributed by atoms with Crippen LogP contribution in [0.4, 0.5) is 5.95 Å². The topological polar surface area (TPSA) is 69.0 Å². The number of ether oxygens (including phenoxy) is 1. The van der Waals surface area contributed by atoms with Gasteiger partial charge >= 0.3 is 0 Å². The van der Waals surface area contributed by atoms with Crippen molar-refractivity contribution in [2.75, 3.05) is 11.9 Å². The first-order valence-corrected chi connectivity index (χ1v) is 8.44. The number of nitrogens with one attached hydrogen (secondary N) is 1. The summed E-state index contributed by atoms with van der Waals surface area (Å²) in [5.41, 5.74) is 2.24. The number of imidazole rings is 1. The zero-order valence-electron chi connectivity index (χ0n) is 13.0. The molecule has 2 aromatic heterocycles. The number of pyridine rings is 1. The highest BCUT2D eigenvalue weighted by molar-refractivity contribution is 6.29. The van der Waals surface area contributed by atoms with Crippen molar-refractivity contribution in [2.24, 2.45) is 0 Å². The lowest BCUT2D eigenvalue weighted by atomic mass is 10.1. The molecule has 2 aromatic rings. The first-order valence-electron chi connectivity index (χ1n) is 8.06. The van der Waals surface area contributed by atoms with Gasteiger partial charge in [-0.15, -0.1) is 0 Å². The summed E-state index contributed by atoms with van der Waals surface area (Å²) < 4.78 is 7.37. The van der Waals surface area contributed by atoms with E-state index in [1.807, 2.05) is 22.8 Å². The van der Waals surface area contributed by atoms with Crippen molar-refractivity contribution in [1.29, 1.82) is 0 Å². The minimum Gasteiger partial charge on any atom is -0.378 e. The van der Waals surface area contributed by atoms with Gasteiger partial charge in [-0.2, -0.15) is 0 Å². The number of nitrogens with zero attached hydrogens (tertiary/aromatic N) is 3. The number of carbonyl (C=O) groups is 1. The summed E-state index contributed by atoms with van der Waals surface area (Å²) in [5.74, 6) is 0.393. The zero-order valence-corrected chi connectivity index (χ0v) is 13.8. The number of carbonyl (C=O) groups excluding carboxylic acids is 1. The van der Waals surface area contributed by atoms with Crippen LogP contribution < -0.4 is 5.32 Å². The van der Waals surface area contributed by atoms with Crippen molar-refractivity contribution in [2.45, 2.75) is 31.8 Å². The predicted octanol–water partition coefficient (Wildman–Crippen LogP) is 3.39. The van der Waals surface area contributed by atoms with Crippen molar-refractivity contribution < 1.29 is 9.53 Å². The Hall–Kier alpha value is -2.18. The lowest BCUT2D eigenvalue weighted by molar-refractivity contribution is -0.116. The summed E-state index contributed by atoms with van der Waals surface area (Å²) in [6.07, 6.45) is 9.26. The van der Waals surface area contributed by atoms with Crippen LogP contribution in [0, 0.1) is 0 Å². The molecule has 0 radical (unpaired) electrons. The van der Waals surface area contributed by atoms with Crippen LogP contribution in [0.3, 0.4) is 0 Å². The molecule has 24 heavy (non-hydrogen) atoms. The van der Waals surface area contributed by atoms with Gasteiger partial charge in [0.2, 0.25) is 11.9 Å². The van der Waals surface area contributed by atoms with Crippen molar-refractivity contribution in [1.82, 2.24) is 14.5 Å². The van der Waals surface area contributed by atoms with E-state index < -0.39 is 0 Å². The molecule has 6 nitrogen and oxygen atoms in total. The number of rotatable bonds is 5. The molecule has 1 unspecified atom stereocenters. The molecule has 0 saturated carbocycles. The van der Waals surface area contributed by atoms with Crippen LogP contribution in [-0.2, 0) is 9.53 Å². The maximum atomic E-state index is 12.3. The quantitative estimate of drug-likeness (QED) is 0.844. The summed E-state index contributed by atoms with van der Waals surface area (Å²) in [4.78, 5) is 21.1. The second kappa shape index (κ2) is 6.37. The fourth-order valence-corrected chi connectivity index (χ4v) is 3.09. The third-order valence-electron chi connectivity index (χ3n) is 4.23. The van der Waals surface area contributed by atoms with Crippen LogP contribution in [0.15, 0.2) is 30.4 Å². The van der Waals surface area contributed by atoms with E-state index in [1.54, 1.807) is 12.1 Å². The smallest absolute Gasteiger partial charge is 0.226 e. The second-order valence-corrected chi connectivity index (χ2v) is 6.31. The maximum Gasteiger partial charge on any atom is 0.226 e. The molecule has 0 aromatic carbocycles. The van der Waals surface area contributed by atoms with Crippen LogP contribution >= 0.6 is 11.6 Å². The standard InChI is InChI=1S/C17H17ClN4O2/c18-14-8-7-13-16(20-14)22(11-3-1-4-11)17(19-13)21-15(23)9-6-12-5-2-10-24-12/h1,3-4,7-8,12H,2,5-6,9-10H2,(H,19,21,23). The lowest BCUT2D eigenvalue weighted by Crippen LogP contribution is -2.18. The molecule has 0 bridgehead atoms. The third kappa shape index (κ3) is 2.95. The lowest BCUT2D eigenvalue weighted by Gasteiger charge is -2.14. The highest BCUT2D eigenvalue weighted by atomic mass is 35.5. The average Bonchev–Trinajstić information content (AvgIpc) is 3.13. The normalized spacial score (nSPS) is 19.4. The second-order valence-electron chi connectivity index (χ2n) is 5.92. The van der Waals surface area contributed by atoms with E-state index in [9.17, 15) is 4.79 Å². The van der Waals surface area contributed by atoms with Gasteiger partial charge in [0.05, 0.1) is 11.8 Å². The van der Waals surface area contributed by atoms with Gasteiger partial charge in [-0.3, -0.25) is 14.7 Å². The Morgan fingerprint density at radius 1 is 1.42 bits per heavy atom. The highest BCUT2D eigenvalue weighted by Gasteiger charge is 2.20. The summed E-state index contributed by atoms with van der Waals surface area (Å²) in [5, 5.41) is 3.28. The Kier molecular flexibility index (Phi) is 4.08. The number of aromatic nitrogens is 3. The molecule has 2 aliphatic rings. The zero-order chi connectivity index (χ0) is 16.5. The van der Waals surface area contributed by atoms with Crippen molar-refractivity contribution in [3.05, 3.63) is 35.5 Å². The average molecular weight is 345 g/mol. The van der Waals surface area contributed by atoms with Crippen LogP contribution in [0.2, 0.25) is 5.15 Å². The minimum absolute atomic E-state index is 0.0722. The van der Waals surface area contributed by atoms with Gasteiger partial charge < -0.3 is 4.74 Å². The maximum absolute atomic E-state index is 12.3. The molecule has 1 aliphatic heterocycles. The molecule has 124 valence electrons. The summed E-state index contributed by atoms with van der Waals surface area (Å²) in [6.45, 7) is 0.801. The summed E-state index contributed by atoms with van der Waals surface area (Å²) in [6, 6.07) is 3.49. The highest BCUT2D eigenvalue weighted by Crippen LogP contribution is 2.28. The van der Waals surface area contributed by atoms with E-state index in [4.69, 9.17) is 16.3 Å². The molecule has 3 heterocycles. The molecule has 1 aliphatic carbocycles. The van der Waals surface area contributed by atoms with E-state index in [2.05, 4.69) is 15.3 Å². The van der Waals surface area contributed by atoms with Crippen LogP contribution in [-0.4, -0.2) is 33.2 Å². The summed E-state index contributed by atoms with van der Waals surface area (Å²) in [7, 11) is 0.